The zero-order valence-corrected chi connectivity index (χ0v) is 7.82. The Morgan fingerprint density at radius 3 is 3.08 bits per heavy atom. The van der Waals surface area contributed by atoms with Gasteiger partial charge in [-0.25, -0.2) is 9.97 Å². The first-order valence-corrected chi connectivity index (χ1v) is 4.16. The lowest BCUT2D eigenvalue weighted by molar-refractivity contribution is 0.403. The van der Waals surface area contributed by atoms with Gasteiger partial charge in [0.05, 0.1) is 19.4 Å². The molecule has 1 unspecified atom stereocenters. The molecule has 0 saturated heterocycles. The molecule has 0 aliphatic heterocycles. The standard InChI is InChI=1S/C8H8ClN3O/c1-13-7-4-11-5-12-8(7)6(2-9)3-10/h4-6H,2H2,1H3. The van der Waals surface area contributed by atoms with Crippen LogP contribution in [-0.2, 0) is 0 Å². The summed E-state index contributed by atoms with van der Waals surface area (Å²) in [5.74, 6) is 0.249. The Kier molecular flexibility index (Phi) is 3.47. The van der Waals surface area contributed by atoms with Crippen molar-refractivity contribution in [2.75, 3.05) is 13.0 Å². The number of rotatable bonds is 3. The zero-order valence-electron chi connectivity index (χ0n) is 7.07. The second kappa shape index (κ2) is 4.63. The highest BCUT2D eigenvalue weighted by Crippen LogP contribution is 2.23. The molecule has 1 rings (SSSR count). The van der Waals surface area contributed by atoms with E-state index >= 15 is 0 Å². The van der Waals surface area contributed by atoms with Gasteiger partial charge in [-0.3, -0.25) is 0 Å². The predicted molar refractivity (Wildman–Crippen MR) is 47.7 cm³/mol. The van der Waals surface area contributed by atoms with Gasteiger partial charge in [0.25, 0.3) is 0 Å². The monoisotopic (exact) mass is 197 g/mol. The first-order valence-electron chi connectivity index (χ1n) is 3.63. The van der Waals surface area contributed by atoms with Crippen molar-refractivity contribution in [3.8, 4) is 11.8 Å². The summed E-state index contributed by atoms with van der Waals surface area (Å²) in [6, 6.07) is 2.04. The van der Waals surface area contributed by atoms with Gasteiger partial charge < -0.3 is 4.74 Å². The zero-order chi connectivity index (χ0) is 9.68. The summed E-state index contributed by atoms with van der Waals surface area (Å²) < 4.78 is 5.00. The van der Waals surface area contributed by atoms with E-state index < -0.39 is 5.92 Å². The highest BCUT2D eigenvalue weighted by molar-refractivity contribution is 6.18. The molecule has 0 saturated carbocycles. The molecule has 0 aromatic carbocycles. The minimum absolute atomic E-state index is 0.198. The van der Waals surface area contributed by atoms with E-state index in [-0.39, 0.29) is 5.88 Å². The maximum Gasteiger partial charge on any atom is 0.160 e. The SMILES string of the molecule is COc1cncnc1C(C#N)CCl. The lowest BCUT2D eigenvalue weighted by Crippen LogP contribution is -2.03. The van der Waals surface area contributed by atoms with Crippen LogP contribution in [-0.4, -0.2) is 23.0 Å². The number of ether oxygens (including phenoxy) is 1. The summed E-state index contributed by atoms with van der Waals surface area (Å²) >= 11 is 5.59. The van der Waals surface area contributed by atoms with Gasteiger partial charge in [-0.05, 0) is 0 Å². The Morgan fingerprint density at radius 1 is 1.77 bits per heavy atom. The fourth-order valence-corrected chi connectivity index (χ4v) is 1.13. The van der Waals surface area contributed by atoms with Crippen LogP contribution in [0.3, 0.4) is 0 Å². The molecule has 0 radical (unpaired) electrons. The van der Waals surface area contributed by atoms with Crippen molar-refractivity contribution < 1.29 is 4.74 Å². The molecular weight excluding hydrogens is 190 g/mol. The lowest BCUT2D eigenvalue weighted by atomic mass is 10.1. The molecule has 0 aliphatic rings. The molecule has 0 N–H and O–H groups in total. The number of methoxy groups -OCH3 is 1. The Hall–Kier alpha value is -1.34. The Labute approximate surface area is 81.1 Å². The van der Waals surface area contributed by atoms with Gasteiger partial charge in [0.2, 0.25) is 0 Å². The summed E-state index contributed by atoms with van der Waals surface area (Å²) in [5.41, 5.74) is 0.537. The third-order valence-electron chi connectivity index (χ3n) is 1.57. The van der Waals surface area contributed by atoms with E-state index in [2.05, 4.69) is 9.97 Å². The van der Waals surface area contributed by atoms with Crippen molar-refractivity contribution in [1.82, 2.24) is 9.97 Å². The summed E-state index contributed by atoms with van der Waals surface area (Å²) in [6.45, 7) is 0. The van der Waals surface area contributed by atoms with Crippen LogP contribution in [0.4, 0.5) is 0 Å². The van der Waals surface area contributed by atoms with Crippen LogP contribution in [0.5, 0.6) is 5.75 Å². The average Bonchev–Trinajstić information content (AvgIpc) is 2.20. The normalized spacial score (nSPS) is 11.8. The predicted octanol–water partition coefficient (Wildman–Crippen LogP) is 1.33. The van der Waals surface area contributed by atoms with Crippen molar-refractivity contribution in [1.29, 1.82) is 5.26 Å². The third kappa shape index (κ3) is 2.07. The molecule has 4 nitrogen and oxygen atoms in total. The maximum atomic E-state index is 8.75. The first kappa shape index (κ1) is 9.75. The van der Waals surface area contributed by atoms with Gasteiger partial charge in [0.15, 0.2) is 5.75 Å². The largest absolute Gasteiger partial charge is 0.493 e. The van der Waals surface area contributed by atoms with Crippen LogP contribution in [0.2, 0.25) is 0 Å². The van der Waals surface area contributed by atoms with E-state index in [4.69, 9.17) is 21.6 Å². The Morgan fingerprint density at radius 2 is 2.54 bits per heavy atom. The van der Waals surface area contributed by atoms with Crippen molar-refractivity contribution >= 4 is 11.6 Å². The van der Waals surface area contributed by atoms with Crippen LogP contribution in [0, 0.1) is 11.3 Å². The summed E-state index contributed by atoms with van der Waals surface area (Å²) in [5, 5.41) is 8.75. The van der Waals surface area contributed by atoms with Crippen molar-refractivity contribution in [3.05, 3.63) is 18.2 Å². The lowest BCUT2D eigenvalue weighted by Gasteiger charge is -2.08. The summed E-state index contributed by atoms with van der Waals surface area (Å²) in [7, 11) is 1.50. The van der Waals surface area contributed by atoms with Gasteiger partial charge in [0.1, 0.15) is 17.9 Å². The molecule has 0 aliphatic carbocycles. The molecule has 68 valence electrons. The maximum absolute atomic E-state index is 8.75. The number of nitrogens with zero attached hydrogens (tertiary/aromatic N) is 3. The molecule has 1 heterocycles. The van der Waals surface area contributed by atoms with Crippen LogP contribution < -0.4 is 4.74 Å². The van der Waals surface area contributed by atoms with Crippen LogP contribution in [0.15, 0.2) is 12.5 Å². The summed E-state index contributed by atoms with van der Waals surface area (Å²) in [4.78, 5) is 7.73. The Balaban J connectivity index is 3.05. The molecule has 1 aromatic rings. The quantitative estimate of drug-likeness (QED) is 0.686. The number of aromatic nitrogens is 2. The van der Waals surface area contributed by atoms with E-state index in [9.17, 15) is 0 Å². The number of hydrogen-bond donors (Lipinski definition) is 0. The van der Waals surface area contributed by atoms with Crippen LogP contribution in [0.25, 0.3) is 0 Å². The van der Waals surface area contributed by atoms with Gasteiger partial charge in [-0.1, -0.05) is 0 Å². The van der Waals surface area contributed by atoms with E-state index in [1.54, 1.807) is 0 Å². The van der Waals surface area contributed by atoms with Crippen LogP contribution in [0.1, 0.15) is 11.6 Å². The average molecular weight is 198 g/mol. The topological polar surface area (TPSA) is 58.8 Å². The number of alkyl halides is 1. The van der Waals surface area contributed by atoms with E-state index in [0.717, 1.165) is 0 Å². The molecule has 1 aromatic heterocycles. The van der Waals surface area contributed by atoms with Crippen molar-refractivity contribution in [3.63, 3.8) is 0 Å². The Bertz CT molecular complexity index is 323. The van der Waals surface area contributed by atoms with Crippen molar-refractivity contribution in [2.24, 2.45) is 0 Å². The van der Waals surface area contributed by atoms with E-state index in [0.29, 0.717) is 11.4 Å². The highest BCUT2D eigenvalue weighted by atomic mass is 35.5. The van der Waals surface area contributed by atoms with E-state index in [1.165, 1.54) is 19.6 Å². The number of nitriles is 1. The molecule has 0 amide bonds. The molecule has 5 heteroatoms. The van der Waals surface area contributed by atoms with E-state index in [1.807, 2.05) is 6.07 Å². The highest BCUT2D eigenvalue weighted by Gasteiger charge is 2.15. The van der Waals surface area contributed by atoms with Gasteiger partial charge in [-0.2, -0.15) is 5.26 Å². The third-order valence-corrected chi connectivity index (χ3v) is 1.88. The summed E-state index contributed by atoms with van der Waals surface area (Å²) in [6.07, 6.45) is 2.88. The van der Waals surface area contributed by atoms with Gasteiger partial charge >= 0.3 is 0 Å². The van der Waals surface area contributed by atoms with Crippen molar-refractivity contribution in [2.45, 2.75) is 5.92 Å². The second-order valence-electron chi connectivity index (χ2n) is 2.31. The molecule has 0 bridgehead atoms. The first-order chi connectivity index (χ1) is 6.33. The smallest absolute Gasteiger partial charge is 0.160 e. The minimum Gasteiger partial charge on any atom is -0.493 e. The molecule has 1 atom stereocenters. The number of halogens is 1. The molecule has 0 spiro atoms. The van der Waals surface area contributed by atoms with Gasteiger partial charge in [-0.15, -0.1) is 11.6 Å². The molecular formula is C8H8ClN3O. The second-order valence-corrected chi connectivity index (χ2v) is 2.62. The van der Waals surface area contributed by atoms with Gasteiger partial charge in [0, 0.05) is 5.88 Å². The van der Waals surface area contributed by atoms with Crippen LogP contribution >= 0.6 is 11.6 Å². The molecule has 0 fully saturated rings. The fourth-order valence-electron chi connectivity index (χ4n) is 0.914. The molecule has 13 heavy (non-hydrogen) atoms. The minimum atomic E-state index is -0.445. The number of hydrogen-bond acceptors (Lipinski definition) is 4. The fraction of sp³-hybridized carbons (Fsp3) is 0.375.